The first kappa shape index (κ1) is 22.8. The van der Waals surface area contributed by atoms with Crippen molar-refractivity contribution in [2.45, 2.75) is 45.1 Å². The lowest BCUT2D eigenvalue weighted by molar-refractivity contribution is 0.187. The van der Waals surface area contributed by atoms with Crippen molar-refractivity contribution in [1.29, 1.82) is 0 Å². The molecule has 0 saturated carbocycles. The molecule has 1 fully saturated rings. The van der Waals surface area contributed by atoms with E-state index in [0.717, 1.165) is 44.7 Å². The van der Waals surface area contributed by atoms with E-state index < -0.39 is 0 Å². The fourth-order valence-electron chi connectivity index (χ4n) is 3.49. The Hall–Kier alpha value is -1.21. The summed E-state index contributed by atoms with van der Waals surface area (Å²) in [5, 5.41) is 7.54. The number of hydrogen-bond acceptors (Lipinski definition) is 6. The third-order valence-electron chi connectivity index (χ3n) is 4.81. The molecule has 26 heavy (non-hydrogen) atoms. The zero-order chi connectivity index (χ0) is 17.0. The van der Waals surface area contributed by atoms with Gasteiger partial charge in [-0.2, -0.15) is 4.98 Å². The summed E-state index contributed by atoms with van der Waals surface area (Å²) in [5.41, 5.74) is 2.49. The number of aryl methyl sites for hydroxylation is 2. The van der Waals surface area contributed by atoms with E-state index in [2.05, 4.69) is 46.5 Å². The van der Waals surface area contributed by atoms with Gasteiger partial charge in [-0.15, -0.1) is 24.8 Å². The number of pyridine rings is 1. The van der Waals surface area contributed by atoms with Crippen LogP contribution in [0.2, 0.25) is 0 Å². The lowest BCUT2D eigenvalue weighted by Crippen LogP contribution is -2.47. The van der Waals surface area contributed by atoms with Gasteiger partial charge in [-0.05, 0) is 51.5 Å². The number of nitrogens with one attached hydrogen (secondary N) is 1. The summed E-state index contributed by atoms with van der Waals surface area (Å²) < 4.78 is 5.22. The lowest BCUT2D eigenvalue weighted by atomic mass is 9.75. The number of rotatable bonds is 6. The monoisotopic (exact) mass is 401 g/mol. The second-order valence-corrected chi connectivity index (χ2v) is 6.88. The zero-order valence-corrected chi connectivity index (χ0v) is 17.3. The molecule has 0 aliphatic carbocycles. The molecule has 2 aromatic rings. The Morgan fingerprint density at radius 1 is 1.23 bits per heavy atom. The SMILES string of the molecule is CCc1nc(CN(C)CC2(c3ccc(C)cn3)CCNCC2)no1.Cl.Cl. The number of aromatic nitrogens is 3. The van der Waals surface area contributed by atoms with Crippen LogP contribution in [0.4, 0.5) is 0 Å². The maximum atomic E-state index is 5.22. The standard InChI is InChI=1S/C18H27N5O.2ClH/c1-4-17-21-16(22-24-17)12-23(3)13-18(7-9-19-10-8-18)15-6-5-14(2)11-20-15;;/h5-6,11,19H,4,7-10,12-13H2,1-3H3;2*1H. The molecule has 0 unspecified atom stereocenters. The maximum Gasteiger partial charge on any atom is 0.226 e. The third-order valence-corrected chi connectivity index (χ3v) is 4.81. The van der Waals surface area contributed by atoms with Crippen LogP contribution in [0.3, 0.4) is 0 Å². The first-order chi connectivity index (χ1) is 11.6. The van der Waals surface area contributed by atoms with Crippen molar-refractivity contribution in [1.82, 2.24) is 25.3 Å². The summed E-state index contributed by atoms with van der Waals surface area (Å²) in [6.45, 7) is 7.82. The van der Waals surface area contributed by atoms with Crippen LogP contribution in [-0.2, 0) is 18.4 Å². The van der Waals surface area contributed by atoms with Crippen molar-refractivity contribution in [2.24, 2.45) is 0 Å². The molecule has 1 aliphatic heterocycles. The predicted molar refractivity (Wildman–Crippen MR) is 107 cm³/mol. The van der Waals surface area contributed by atoms with Crippen molar-refractivity contribution in [2.75, 3.05) is 26.7 Å². The van der Waals surface area contributed by atoms with Crippen molar-refractivity contribution >= 4 is 24.8 Å². The maximum absolute atomic E-state index is 5.22. The number of likely N-dealkylation sites (N-methyl/N-ethyl adjacent to an activating group) is 1. The molecule has 3 rings (SSSR count). The zero-order valence-electron chi connectivity index (χ0n) is 15.7. The highest BCUT2D eigenvalue weighted by atomic mass is 35.5. The Labute approximate surface area is 168 Å². The van der Waals surface area contributed by atoms with E-state index in [1.54, 1.807) is 0 Å². The first-order valence-electron chi connectivity index (χ1n) is 8.75. The fraction of sp³-hybridized carbons (Fsp3) is 0.611. The van der Waals surface area contributed by atoms with E-state index in [1.807, 2.05) is 13.1 Å². The van der Waals surface area contributed by atoms with Gasteiger partial charge in [0.15, 0.2) is 5.82 Å². The Bertz CT molecular complexity index is 656. The number of piperidine rings is 1. The van der Waals surface area contributed by atoms with Gasteiger partial charge in [0, 0.05) is 30.3 Å². The predicted octanol–water partition coefficient (Wildman–Crippen LogP) is 2.93. The van der Waals surface area contributed by atoms with Crippen LogP contribution in [0.15, 0.2) is 22.9 Å². The highest BCUT2D eigenvalue weighted by Crippen LogP contribution is 2.33. The van der Waals surface area contributed by atoms with E-state index in [1.165, 1.54) is 11.3 Å². The number of halogens is 2. The Balaban J connectivity index is 0.00000169. The van der Waals surface area contributed by atoms with E-state index >= 15 is 0 Å². The van der Waals surface area contributed by atoms with E-state index in [-0.39, 0.29) is 30.2 Å². The van der Waals surface area contributed by atoms with Gasteiger partial charge in [-0.25, -0.2) is 0 Å². The van der Waals surface area contributed by atoms with Gasteiger partial charge in [-0.3, -0.25) is 9.88 Å². The quantitative estimate of drug-likeness (QED) is 0.802. The molecule has 1 N–H and O–H groups in total. The Morgan fingerprint density at radius 2 is 1.96 bits per heavy atom. The van der Waals surface area contributed by atoms with E-state index in [0.29, 0.717) is 12.4 Å². The van der Waals surface area contributed by atoms with Crippen LogP contribution in [0.1, 0.15) is 42.7 Å². The van der Waals surface area contributed by atoms with E-state index in [4.69, 9.17) is 9.51 Å². The molecule has 0 radical (unpaired) electrons. The summed E-state index contributed by atoms with van der Waals surface area (Å²) in [7, 11) is 2.12. The Kier molecular flexibility index (Phi) is 8.96. The fourth-order valence-corrected chi connectivity index (χ4v) is 3.49. The smallest absolute Gasteiger partial charge is 0.226 e. The molecular formula is C18H29Cl2N5O. The summed E-state index contributed by atoms with van der Waals surface area (Å²) in [6.07, 6.45) is 4.95. The second kappa shape index (κ2) is 10.2. The molecule has 146 valence electrons. The van der Waals surface area contributed by atoms with Crippen LogP contribution < -0.4 is 5.32 Å². The normalized spacial score (nSPS) is 16.0. The lowest BCUT2D eigenvalue weighted by Gasteiger charge is -2.40. The summed E-state index contributed by atoms with van der Waals surface area (Å²) in [5.74, 6) is 1.46. The third kappa shape index (κ3) is 5.39. The second-order valence-electron chi connectivity index (χ2n) is 6.88. The van der Waals surface area contributed by atoms with E-state index in [9.17, 15) is 0 Å². The molecule has 0 spiro atoms. The first-order valence-corrected chi connectivity index (χ1v) is 8.75. The average Bonchev–Trinajstić information content (AvgIpc) is 3.03. The molecule has 0 atom stereocenters. The number of nitrogens with zero attached hydrogens (tertiary/aromatic N) is 4. The highest BCUT2D eigenvalue weighted by molar-refractivity contribution is 5.85. The minimum Gasteiger partial charge on any atom is -0.339 e. The van der Waals surface area contributed by atoms with Gasteiger partial charge < -0.3 is 9.84 Å². The molecular weight excluding hydrogens is 373 g/mol. The van der Waals surface area contributed by atoms with Gasteiger partial charge in [-0.1, -0.05) is 18.1 Å². The van der Waals surface area contributed by atoms with Crippen molar-refractivity contribution < 1.29 is 4.52 Å². The molecule has 3 heterocycles. The molecule has 0 bridgehead atoms. The van der Waals surface area contributed by atoms with Gasteiger partial charge in [0.2, 0.25) is 5.89 Å². The van der Waals surface area contributed by atoms with Gasteiger partial charge >= 0.3 is 0 Å². The molecule has 8 heteroatoms. The van der Waals surface area contributed by atoms with Crippen LogP contribution >= 0.6 is 24.8 Å². The Morgan fingerprint density at radius 3 is 2.54 bits per heavy atom. The molecule has 6 nitrogen and oxygen atoms in total. The minimum absolute atomic E-state index is 0. The van der Waals surface area contributed by atoms with Crippen molar-refractivity contribution in [3.63, 3.8) is 0 Å². The van der Waals surface area contributed by atoms with Gasteiger partial charge in [0.05, 0.1) is 6.54 Å². The molecule has 0 aromatic carbocycles. The summed E-state index contributed by atoms with van der Waals surface area (Å²) in [4.78, 5) is 11.5. The average molecular weight is 402 g/mol. The van der Waals surface area contributed by atoms with Gasteiger partial charge in [0.1, 0.15) is 0 Å². The summed E-state index contributed by atoms with van der Waals surface area (Å²) >= 11 is 0. The van der Waals surface area contributed by atoms with Crippen molar-refractivity contribution in [3.05, 3.63) is 41.3 Å². The summed E-state index contributed by atoms with van der Waals surface area (Å²) in [6, 6.07) is 4.36. The van der Waals surface area contributed by atoms with Crippen LogP contribution in [0, 0.1) is 6.92 Å². The highest BCUT2D eigenvalue weighted by Gasteiger charge is 2.36. The minimum atomic E-state index is 0. The topological polar surface area (TPSA) is 67.1 Å². The van der Waals surface area contributed by atoms with Crippen LogP contribution in [-0.4, -0.2) is 46.7 Å². The molecule has 2 aromatic heterocycles. The van der Waals surface area contributed by atoms with Crippen molar-refractivity contribution in [3.8, 4) is 0 Å². The molecule has 0 amide bonds. The van der Waals surface area contributed by atoms with Crippen LogP contribution in [0.25, 0.3) is 0 Å². The largest absolute Gasteiger partial charge is 0.339 e. The number of hydrogen-bond donors (Lipinski definition) is 1. The van der Waals surface area contributed by atoms with Crippen LogP contribution in [0.5, 0.6) is 0 Å². The molecule has 1 saturated heterocycles. The molecule has 1 aliphatic rings. The van der Waals surface area contributed by atoms with Gasteiger partial charge in [0.25, 0.3) is 0 Å².